The van der Waals surface area contributed by atoms with Crippen LogP contribution in [0, 0.1) is 53.3 Å². The van der Waals surface area contributed by atoms with Gasteiger partial charge in [-0.25, -0.2) is 0 Å². The van der Waals surface area contributed by atoms with E-state index in [0.29, 0.717) is 11.3 Å². The fraction of sp³-hybridized carbons (Fsp3) is 0.900. The van der Waals surface area contributed by atoms with Gasteiger partial charge in [-0.05, 0) is 80.0 Å². The normalized spacial score (nSPS) is 54.4. The second-order valence-electron chi connectivity index (χ2n) is 8.56. The summed E-state index contributed by atoms with van der Waals surface area (Å²) in [6.45, 7) is 2.54. The smallest absolute Gasteiger partial charge is 0.0256 e. The van der Waals surface area contributed by atoms with E-state index in [4.69, 9.17) is 6.42 Å². The molecule has 0 saturated heterocycles. The van der Waals surface area contributed by atoms with Crippen molar-refractivity contribution in [1.29, 1.82) is 0 Å². The molecular formula is C20H30. The zero-order valence-electron chi connectivity index (χ0n) is 13.1. The molecule has 0 heterocycles. The Bertz CT molecular complexity index is 416. The van der Waals surface area contributed by atoms with E-state index in [-0.39, 0.29) is 0 Å². The van der Waals surface area contributed by atoms with Gasteiger partial charge in [0.25, 0.3) is 0 Å². The largest absolute Gasteiger partial charge is 0.120 e. The average molecular weight is 270 g/mol. The van der Waals surface area contributed by atoms with Gasteiger partial charge in [0.05, 0.1) is 0 Å². The molecule has 0 radical (unpaired) electrons. The number of hydrogen-bond donors (Lipinski definition) is 0. The summed E-state index contributed by atoms with van der Waals surface area (Å²) in [5, 5.41) is 0. The Hall–Kier alpha value is -0.440. The van der Waals surface area contributed by atoms with Gasteiger partial charge >= 0.3 is 0 Å². The summed E-state index contributed by atoms with van der Waals surface area (Å²) in [6, 6.07) is 0. The molecule has 0 aliphatic heterocycles. The maximum absolute atomic E-state index is 5.85. The summed E-state index contributed by atoms with van der Waals surface area (Å²) < 4.78 is 0. The summed E-state index contributed by atoms with van der Waals surface area (Å²) in [5.41, 5.74) is 0.497. The zero-order valence-corrected chi connectivity index (χ0v) is 13.1. The van der Waals surface area contributed by atoms with Gasteiger partial charge in [0.2, 0.25) is 0 Å². The predicted molar refractivity (Wildman–Crippen MR) is 84.1 cm³/mol. The van der Waals surface area contributed by atoms with Gasteiger partial charge in [-0.1, -0.05) is 26.2 Å². The summed E-state index contributed by atoms with van der Waals surface area (Å²) in [7, 11) is 0. The van der Waals surface area contributed by atoms with Crippen LogP contribution in [0.15, 0.2) is 0 Å². The third kappa shape index (κ3) is 1.74. The van der Waals surface area contributed by atoms with Crippen LogP contribution >= 0.6 is 0 Å². The molecule has 0 aromatic rings. The van der Waals surface area contributed by atoms with Gasteiger partial charge in [-0.3, -0.25) is 0 Å². The molecule has 7 atom stereocenters. The van der Waals surface area contributed by atoms with Gasteiger partial charge in [-0.2, -0.15) is 0 Å². The molecule has 1 unspecified atom stereocenters. The molecule has 0 amide bonds. The molecule has 0 nitrogen and oxygen atoms in total. The first-order valence-corrected chi connectivity index (χ1v) is 9.20. The molecule has 0 aromatic carbocycles. The Kier molecular flexibility index (Phi) is 3.17. The lowest BCUT2D eigenvalue weighted by Gasteiger charge is -2.55. The monoisotopic (exact) mass is 270 g/mol. The molecule has 0 spiro atoms. The molecule has 4 aliphatic carbocycles. The lowest BCUT2D eigenvalue weighted by molar-refractivity contribution is -0.0560. The van der Waals surface area contributed by atoms with Gasteiger partial charge in [0.15, 0.2) is 0 Å². The van der Waals surface area contributed by atoms with Crippen LogP contribution < -0.4 is 0 Å². The molecule has 0 aromatic heterocycles. The first kappa shape index (κ1) is 13.2. The Morgan fingerprint density at radius 3 is 2.55 bits per heavy atom. The number of rotatable bonds is 0. The molecule has 20 heavy (non-hydrogen) atoms. The van der Waals surface area contributed by atoms with Crippen molar-refractivity contribution < 1.29 is 0 Å². The standard InChI is InChI=1S/C20H30/c1-3-15-9-11-19-18-10-8-14-6-4-5-7-16(14)17(18)12-13-20(15,19)2/h1,14-19H,4-13H2,2H3/t14?,15-,16+,17-,18-,19+,20-/m1/s1. The number of hydrogen-bond acceptors (Lipinski definition) is 0. The SMILES string of the molecule is C#C[C@@H]1CC[C@H]2[C@@H]3CCC4CCCC[C@@H]4[C@H]3CC[C@]12C. The highest BCUT2D eigenvalue weighted by molar-refractivity contribution is 5.12. The van der Waals surface area contributed by atoms with Crippen LogP contribution in [0.1, 0.15) is 71.1 Å². The van der Waals surface area contributed by atoms with E-state index in [1.807, 2.05) is 0 Å². The topological polar surface area (TPSA) is 0 Å². The fourth-order valence-corrected chi connectivity index (χ4v) is 7.10. The third-order valence-corrected chi connectivity index (χ3v) is 8.08. The second kappa shape index (κ2) is 4.79. The lowest BCUT2D eigenvalue weighted by Crippen LogP contribution is -2.47. The van der Waals surface area contributed by atoms with Crippen molar-refractivity contribution in [2.24, 2.45) is 40.9 Å². The van der Waals surface area contributed by atoms with Crippen LogP contribution in [-0.4, -0.2) is 0 Å². The van der Waals surface area contributed by atoms with Crippen molar-refractivity contribution in [2.45, 2.75) is 71.1 Å². The molecule has 0 N–H and O–H groups in total. The second-order valence-corrected chi connectivity index (χ2v) is 8.56. The molecule has 4 fully saturated rings. The third-order valence-electron chi connectivity index (χ3n) is 8.08. The van der Waals surface area contributed by atoms with E-state index < -0.39 is 0 Å². The summed E-state index contributed by atoms with van der Waals surface area (Å²) >= 11 is 0. The van der Waals surface area contributed by atoms with Gasteiger partial charge < -0.3 is 0 Å². The van der Waals surface area contributed by atoms with E-state index in [9.17, 15) is 0 Å². The minimum absolute atomic E-state index is 0.497. The Morgan fingerprint density at radius 1 is 0.850 bits per heavy atom. The maximum atomic E-state index is 5.85. The Labute approximate surface area is 125 Å². The number of terminal acetylenes is 1. The summed E-state index contributed by atoms with van der Waals surface area (Å²) in [6.07, 6.45) is 20.7. The van der Waals surface area contributed by atoms with Crippen LogP contribution in [0.5, 0.6) is 0 Å². The van der Waals surface area contributed by atoms with Crippen molar-refractivity contribution >= 4 is 0 Å². The highest BCUT2D eigenvalue weighted by Gasteiger charge is 2.56. The van der Waals surface area contributed by atoms with E-state index in [0.717, 1.165) is 29.6 Å². The van der Waals surface area contributed by atoms with Crippen LogP contribution in [0.2, 0.25) is 0 Å². The highest BCUT2D eigenvalue weighted by Crippen LogP contribution is 2.63. The summed E-state index contributed by atoms with van der Waals surface area (Å²) in [4.78, 5) is 0. The quantitative estimate of drug-likeness (QED) is 0.525. The average Bonchev–Trinajstić information content (AvgIpc) is 2.83. The van der Waals surface area contributed by atoms with Crippen molar-refractivity contribution in [1.82, 2.24) is 0 Å². The van der Waals surface area contributed by atoms with Crippen LogP contribution in [0.25, 0.3) is 0 Å². The first-order chi connectivity index (χ1) is 9.74. The molecular weight excluding hydrogens is 240 g/mol. The van der Waals surface area contributed by atoms with Crippen LogP contribution in [0.4, 0.5) is 0 Å². The van der Waals surface area contributed by atoms with E-state index >= 15 is 0 Å². The molecule has 0 bridgehead atoms. The molecule has 4 saturated carbocycles. The van der Waals surface area contributed by atoms with Crippen LogP contribution in [0.3, 0.4) is 0 Å². The van der Waals surface area contributed by atoms with Crippen molar-refractivity contribution in [2.75, 3.05) is 0 Å². The van der Waals surface area contributed by atoms with Gasteiger partial charge in [0.1, 0.15) is 0 Å². The fourth-order valence-electron chi connectivity index (χ4n) is 7.10. The minimum atomic E-state index is 0.497. The maximum Gasteiger partial charge on any atom is 0.0256 e. The zero-order chi connectivity index (χ0) is 13.7. The number of fused-ring (bicyclic) bond motifs is 5. The molecule has 110 valence electrons. The molecule has 0 heteroatoms. The van der Waals surface area contributed by atoms with Gasteiger partial charge in [0, 0.05) is 5.92 Å². The predicted octanol–water partition coefficient (Wildman–Crippen LogP) is 5.28. The van der Waals surface area contributed by atoms with E-state index in [2.05, 4.69) is 12.8 Å². The molecule has 4 aliphatic rings. The molecule has 4 rings (SSSR count). The Morgan fingerprint density at radius 2 is 1.70 bits per heavy atom. The lowest BCUT2D eigenvalue weighted by atomic mass is 9.50. The van der Waals surface area contributed by atoms with E-state index in [1.54, 1.807) is 19.3 Å². The van der Waals surface area contributed by atoms with E-state index in [1.165, 1.54) is 44.9 Å². The van der Waals surface area contributed by atoms with Crippen molar-refractivity contribution in [3.05, 3.63) is 0 Å². The van der Waals surface area contributed by atoms with Gasteiger partial charge in [-0.15, -0.1) is 12.3 Å². The summed E-state index contributed by atoms with van der Waals surface area (Å²) in [5.74, 6) is 9.00. The van der Waals surface area contributed by atoms with Crippen molar-refractivity contribution in [3.63, 3.8) is 0 Å². The highest BCUT2D eigenvalue weighted by atomic mass is 14.6. The van der Waals surface area contributed by atoms with Crippen LogP contribution in [-0.2, 0) is 0 Å². The first-order valence-electron chi connectivity index (χ1n) is 9.20. The Balaban J connectivity index is 1.59. The van der Waals surface area contributed by atoms with Crippen molar-refractivity contribution in [3.8, 4) is 12.3 Å². The minimum Gasteiger partial charge on any atom is -0.120 e.